The maximum atomic E-state index is 5.51. The molecule has 1 aromatic rings. The van der Waals surface area contributed by atoms with Gasteiger partial charge in [-0.2, -0.15) is 5.10 Å². The van der Waals surface area contributed by atoms with Gasteiger partial charge in [-0.1, -0.05) is 6.92 Å². The van der Waals surface area contributed by atoms with Gasteiger partial charge in [0.1, 0.15) is 11.9 Å². The minimum atomic E-state index is 0.0188. The third kappa shape index (κ3) is 1.87. The molecular formula is C8H14N4O. The quantitative estimate of drug-likeness (QED) is 0.677. The van der Waals surface area contributed by atoms with Crippen molar-refractivity contribution in [3.8, 4) is 0 Å². The van der Waals surface area contributed by atoms with E-state index >= 15 is 0 Å². The molecule has 0 amide bonds. The molecule has 2 N–H and O–H groups in total. The van der Waals surface area contributed by atoms with Gasteiger partial charge in [0.2, 0.25) is 0 Å². The van der Waals surface area contributed by atoms with Crippen LogP contribution >= 0.6 is 0 Å². The van der Waals surface area contributed by atoms with Crippen LogP contribution in [0.3, 0.4) is 0 Å². The molecule has 1 saturated heterocycles. The van der Waals surface area contributed by atoms with Crippen LogP contribution in [0.1, 0.15) is 24.7 Å². The van der Waals surface area contributed by atoms with E-state index in [0.29, 0.717) is 0 Å². The second-order valence-corrected chi connectivity index (χ2v) is 3.06. The number of morpholine rings is 1. The molecule has 0 radical (unpaired) electrons. The third-order valence-corrected chi connectivity index (χ3v) is 2.10. The summed E-state index contributed by atoms with van der Waals surface area (Å²) in [7, 11) is 0. The second-order valence-electron chi connectivity index (χ2n) is 3.06. The average molecular weight is 182 g/mol. The van der Waals surface area contributed by atoms with Gasteiger partial charge in [0, 0.05) is 19.5 Å². The fourth-order valence-electron chi connectivity index (χ4n) is 1.34. The monoisotopic (exact) mass is 182 g/mol. The standard InChI is InChI=1S/C8H14N4O/c1-2-7-10-8(12-11-7)6-5-9-3-4-13-6/h6,9H,2-5H2,1H3,(H,10,11,12)/t6-/m0/s1. The molecule has 2 heterocycles. The number of rotatable bonds is 2. The lowest BCUT2D eigenvalue weighted by atomic mass is 10.3. The van der Waals surface area contributed by atoms with Gasteiger partial charge in [-0.05, 0) is 0 Å². The second kappa shape index (κ2) is 3.85. The first-order valence-corrected chi connectivity index (χ1v) is 4.63. The van der Waals surface area contributed by atoms with Gasteiger partial charge in [0.05, 0.1) is 6.61 Å². The van der Waals surface area contributed by atoms with Gasteiger partial charge < -0.3 is 10.1 Å². The first-order chi connectivity index (χ1) is 6.40. The van der Waals surface area contributed by atoms with E-state index in [1.807, 2.05) is 6.92 Å². The number of ether oxygens (including phenoxy) is 1. The molecule has 0 saturated carbocycles. The van der Waals surface area contributed by atoms with Gasteiger partial charge in [0.25, 0.3) is 0 Å². The Hall–Kier alpha value is -0.940. The highest BCUT2D eigenvalue weighted by Crippen LogP contribution is 2.13. The van der Waals surface area contributed by atoms with Crippen molar-refractivity contribution in [1.82, 2.24) is 20.5 Å². The molecule has 1 aromatic heterocycles. The number of nitrogens with one attached hydrogen (secondary N) is 2. The predicted molar refractivity (Wildman–Crippen MR) is 47.3 cm³/mol. The van der Waals surface area contributed by atoms with Gasteiger partial charge in [-0.25, -0.2) is 4.98 Å². The summed E-state index contributed by atoms with van der Waals surface area (Å²) in [6.45, 7) is 4.51. The molecule has 0 aliphatic carbocycles. The van der Waals surface area contributed by atoms with Gasteiger partial charge in [-0.3, -0.25) is 5.10 Å². The number of hydrogen-bond donors (Lipinski definition) is 2. The Balaban J connectivity index is 2.05. The zero-order chi connectivity index (χ0) is 9.10. The molecule has 1 fully saturated rings. The smallest absolute Gasteiger partial charge is 0.180 e. The molecule has 0 spiro atoms. The maximum absolute atomic E-state index is 5.51. The van der Waals surface area contributed by atoms with E-state index in [0.717, 1.165) is 37.8 Å². The Morgan fingerprint density at radius 3 is 3.15 bits per heavy atom. The van der Waals surface area contributed by atoms with E-state index in [9.17, 15) is 0 Å². The molecule has 5 heteroatoms. The lowest BCUT2D eigenvalue weighted by Gasteiger charge is -2.20. The molecule has 1 aliphatic rings. The van der Waals surface area contributed by atoms with Crippen LogP contribution in [0, 0.1) is 0 Å². The fraction of sp³-hybridized carbons (Fsp3) is 0.750. The van der Waals surface area contributed by atoms with Gasteiger partial charge in [-0.15, -0.1) is 0 Å². The molecule has 1 atom stereocenters. The largest absolute Gasteiger partial charge is 0.367 e. The molecule has 13 heavy (non-hydrogen) atoms. The van der Waals surface area contributed by atoms with E-state index in [1.165, 1.54) is 0 Å². The first kappa shape index (κ1) is 8.65. The summed E-state index contributed by atoms with van der Waals surface area (Å²) in [6, 6.07) is 0. The molecule has 5 nitrogen and oxygen atoms in total. The Morgan fingerprint density at radius 2 is 2.54 bits per heavy atom. The minimum Gasteiger partial charge on any atom is -0.367 e. The Labute approximate surface area is 76.9 Å². The van der Waals surface area contributed by atoms with Crippen LogP contribution in [0.2, 0.25) is 0 Å². The minimum absolute atomic E-state index is 0.0188. The van der Waals surface area contributed by atoms with E-state index in [-0.39, 0.29) is 6.10 Å². The first-order valence-electron chi connectivity index (χ1n) is 4.63. The number of H-pyrrole nitrogens is 1. The number of nitrogens with zero attached hydrogens (tertiary/aromatic N) is 2. The summed E-state index contributed by atoms with van der Waals surface area (Å²) in [5.74, 6) is 1.69. The van der Waals surface area contributed by atoms with E-state index in [2.05, 4.69) is 20.5 Å². The SMILES string of the molecule is CCc1nc([C@@H]2CNCCO2)n[nH]1. The summed E-state index contributed by atoms with van der Waals surface area (Å²) in [4.78, 5) is 4.32. The van der Waals surface area contributed by atoms with Crippen molar-refractivity contribution in [3.05, 3.63) is 11.6 Å². The van der Waals surface area contributed by atoms with Crippen molar-refractivity contribution in [2.45, 2.75) is 19.4 Å². The molecule has 72 valence electrons. The highest BCUT2D eigenvalue weighted by Gasteiger charge is 2.19. The van der Waals surface area contributed by atoms with Crippen LogP contribution in [-0.4, -0.2) is 34.9 Å². The van der Waals surface area contributed by atoms with Crippen LogP contribution in [-0.2, 0) is 11.2 Å². The van der Waals surface area contributed by atoms with Gasteiger partial charge >= 0.3 is 0 Å². The Morgan fingerprint density at radius 1 is 1.62 bits per heavy atom. The summed E-state index contributed by atoms with van der Waals surface area (Å²) in [6.07, 6.45) is 0.901. The van der Waals surface area contributed by atoms with Crippen molar-refractivity contribution < 1.29 is 4.74 Å². The topological polar surface area (TPSA) is 62.8 Å². The molecule has 0 unspecified atom stereocenters. The Kier molecular flexibility index (Phi) is 2.56. The van der Waals surface area contributed by atoms with E-state index in [4.69, 9.17) is 4.74 Å². The van der Waals surface area contributed by atoms with Crippen molar-refractivity contribution >= 4 is 0 Å². The summed E-state index contributed by atoms with van der Waals surface area (Å²) < 4.78 is 5.51. The normalized spacial score (nSPS) is 23.3. The van der Waals surface area contributed by atoms with Crippen LogP contribution < -0.4 is 5.32 Å². The van der Waals surface area contributed by atoms with Crippen LogP contribution in [0.25, 0.3) is 0 Å². The van der Waals surface area contributed by atoms with Crippen molar-refractivity contribution in [3.63, 3.8) is 0 Å². The third-order valence-electron chi connectivity index (χ3n) is 2.10. The molecule has 0 bridgehead atoms. The van der Waals surface area contributed by atoms with E-state index in [1.54, 1.807) is 0 Å². The van der Waals surface area contributed by atoms with Gasteiger partial charge in [0.15, 0.2) is 5.82 Å². The summed E-state index contributed by atoms with van der Waals surface area (Å²) in [5.41, 5.74) is 0. The predicted octanol–water partition coefficient (Wildman–Crippen LogP) is 0.0280. The van der Waals surface area contributed by atoms with Crippen molar-refractivity contribution in [1.29, 1.82) is 0 Å². The molecule has 2 rings (SSSR count). The number of aryl methyl sites for hydroxylation is 1. The number of hydrogen-bond acceptors (Lipinski definition) is 4. The van der Waals surface area contributed by atoms with Crippen LogP contribution in [0.15, 0.2) is 0 Å². The van der Waals surface area contributed by atoms with E-state index < -0.39 is 0 Å². The van der Waals surface area contributed by atoms with Crippen molar-refractivity contribution in [2.24, 2.45) is 0 Å². The van der Waals surface area contributed by atoms with Crippen LogP contribution in [0.4, 0.5) is 0 Å². The molecule has 1 aliphatic heterocycles. The molecule has 0 aromatic carbocycles. The number of aromatic amines is 1. The lowest BCUT2D eigenvalue weighted by Crippen LogP contribution is -2.33. The zero-order valence-electron chi connectivity index (χ0n) is 7.71. The Bertz CT molecular complexity index is 267. The van der Waals surface area contributed by atoms with Crippen LogP contribution in [0.5, 0.6) is 0 Å². The fourth-order valence-corrected chi connectivity index (χ4v) is 1.34. The zero-order valence-corrected chi connectivity index (χ0v) is 7.71. The highest BCUT2D eigenvalue weighted by molar-refractivity contribution is 4.95. The van der Waals surface area contributed by atoms with Crippen molar-refractivity contribution in [2.75, 3.05) is 19.7 Å². The highest BCUT2D eigenvalue weighted by atomic mass is 16.5. The lowest BCUT2D eigenvalue weighted by molar-refractivity contribution is 0.0223. The average Bonchev–Trinajstić information content (AvgIpc) is 2.67. The summed E-state index contributed by atoms with van der Waals surface area (Å²) in [5, 5.41) is 10.2. The summed E-state index contributed by atoms with van der Waals surface area (Å²) >= 11 is 0. The maximum Gasteiger partial charge on any atom is 0.180 e. The molecular weight excluding hydrogens is 168 g/mol. The number of aromatic nitrogens is 3.